The second kappa shape index (κ2) is 6.03. The van der Waals surface area contributed by atoms with E-state index >= 15 is 0 Å². The summed E-state index contributed by atoms with van der Waals surface area (Å²) in [7, 11) is 0. The Kier molecular flexibility index (Phi) is 4.04. The van der Waals surface area contributed by atoms with Crippen LogP contribution in [0, 0.1) is 0 Å². The SMILES string of the molecule is O=C(O)c1ccc2c(c1)nc(NCCCC(F)(F)F)c1cccn12. The van der Waals surface area contributed by atoms with Gasteiger partial charge >= 0.3 is 12.1 Å². The number of hydrogen-bond acceptors (Lipinski definition) is 3. The molecule has 0 atom stereocenters. The number of nitrogens with zero attached hydrogens (tertiary/aromatic N) is 2. The van der Waals surface area contributed by atoms with Gasteiger partial charge in [-0.15, -0.1) is 0 Å². The summed E-state index contributed by atoms with van der Waals surface area (Å²) >= 11 is 0. The predicted octanol–water partition coefficient (Wildman–Crippen LogP) is 3.94. The van der Waals surface area contributed by atoms with Crippen LogP contribution in [0.4, 0.5) is 19.0 Å². The molecule has 8 heteroatoms. The summed E-state index contributed by atoms with van der Waals surface area (Å²) in [6, 6.07) is 8.18. The number of alkyl halides is 3. The van der Waals surface area contributed by atoms with Gasteiger partial charge in [0.1, 0.15) is 0 Å². The third-order valence-electron chi connectivity index (χ3n) is 3.64. The molecule has 2 N–H and O–H groups in total. The summed E-state index contributed by atoms with van der Waals surface area (Å²) in [5, 5.41) is 12.0. The maximum Gasteiger partial charge on any atom is 0.389 e. The van der Waals surface area contributed by atoms with Crippen LogP contribution < -0.4 is 5.32 Å². The highest BCUT2D eigenvalue weighted by Crippen LogP contribution is 2.24. The number of aromatic nitrogens is 2. The fourth-order valence-corrected chi connectivity index (χ4v) is 2.54. The smallest absolute Gasteiger partial charge is 0.389 e. The van der Waals surface area contributed by atoms with Gasteiger partial charge in [0, 0.05) is 19.2 Å². The molecule has 0 radical (unpaired) electrons. The fraction of sp³-hybridized carbons (Fsp3) is 0.250. The number of carboxylic acid groups (broad SMARTS) is 1. The first kappa shape index (κ1) is 16.1. The summed E-state index contributed by atoms with van der Waals surface area (Å²) in [5.74, 6) is -0.636. The van der Waals surface area contributed by atoms with E-state index in [0.717, 1.165) is 11.0 Å². The van der Waals surface area contributed by atoms with Crippen molar-refractivity contribution in [3.8, 4) is 0 Å². The highest BCUT2D eigenvalue weighted by molar-refractivity contribution is 5.94. The number of halogens is 3. The standard InChI is InChI=1S/C16H14F3N3O2/c17-16(18,19)6-2-7-20-14-13-3-1-8-22(13)12-5-4-10(15(23)24)9-11(12)21-14/h1,3-5,8-9H,2,6-7H2,(H,20,21)(H,23,24). The van der Waals surface area contributed by atoms with Crippen molar-refractivity contribution in [3.63, 3.8) is 0 Å². The fourth-order valence-electron chi connectivity index (χ4n) is 2.54. The van der Waals surface area contributed by atoms with E-state index in [-0.39, 0.29) is 18.5 Å². The predicted molar refractivity (Wildman–Crippen MR) is 83.4 cm³/mol. The minimum Gasteiger partial charge on any atom is -0.478 e. The van der Waals surface area contributed by atoms with Gasteiger partial charge in [0.15, 0.2) is 5.82 Å². The van der Waals surface area contributed by atoms with Crippen LogP contribution in [0.5, 0.6) is 0 Å². The molecular formula is C16H14F3N3O2. The van der Waals surface area contributed by atoms with E-state index in [0.29, 0.717) is 11.3 Å². The number of benzene rings is 1. The van der Waals surface area contributed by atoms with Crippen molar-refractivity contribution in [2.45, 2.75) is 19.0 Å². The van der Waals surface area contributed by atoms with Crippen LogP contribution >= 0.6 is 0 Å². The molecule has 126 valence electrons. The Bertz CT molecular complexity index is 903. The lowest BCUT2D eigenvalue weighted by Gasteiger charge is -2.11. The van der Waals surface area contributed by atoms with Gasteiger partial charge in [-0.1, -0.05) is 0 Å². The minimum absolute atomic E-state index is 0.0642. The third-order valence-corrected chi connectivity index (χ3v) is 3.64. The van der Waals surface area contributed by atoms with Crippen LogP contribution in [0.25, 0.3) is 16.6 Å². The van der Waals surface area contributed by atoms with Crippen molar-refractivity contribution in [1.29, 1.82) is 0 Å². The van der Waals surface area contributed by atoms with Crippen LogP contribution in [0.2, 0.25) is 0 Å². The van der Waals surface area contributed by atoms with Gasteiger partial charge in [-0.2, -0.15) is 13.2 Å². The van der Waals surface area contributed by atoms with Gasteiger partial charge in [-0.05, 0) is 36.8 Å². The number of hydrogen-bond donors (Lipinski definition) is 2. The lowest BCUT2D eigenvalue weighted by atomic mass is 10.2. The molecule has 3 aromatic rings. The average Bonchev–Trinajstić information content (AvgIpc) is 2.99. The molecule has 0 spiro atoms. The molecule has 0 aliphatic carbocycles. The second-order valence-electron chi connectivity index (χ2n) is 5.38. The number of carbonyl (C=O) groups is 1. The Morgan fingerprint density at radius 2 is 2.04 bits per heavy atom. The molecule has 0 saturated heterocycles. The zero-order valence-electron chi connectivity index (χ0n) is 12.5. The highest BCUT2D eigenvalue weighted by Gasteiger charge is 2.25. The van der Waals surface area contributed by atoms with E-state index < -0.39 is 18.6 Å². The van der Waals surface area contributed by atoms with Crippen molar-refractivity contribution in [3.05, 3.63) is 42.1 Å². The number of aromatic carboxylic acids is 1. The molecule has 0 unspecified atom stereocenters. The van der Waals surface area contributed by atoms with Gasteiger partial charge in [0.05, 0.1) is 22.1 Å². The molecule has 2 heterocycles. The van der Waals surface area contributed by atoms with Gasteiger partial charge in [0.2, 0.25) is 0 Å². The lowest BCUT2D eigenvalue weighted by Crippen LogP contribution is -2.12. The van der Waals surface area contributed by atoms with Gasteiger partial charge < -0.3 is 14.8 Å². The molecule has 5 nitrogen and oxygen atoms in total. The molecule has 0 amide bonds. The summed E-state index contributed by atoms with van der Waals surface area (Å²) in [4.78, 5) is 15.5. The number of rotatable bonds is 5. The molecule has 0 saturated carbocycles. The summed E-state index contributed by atoms with van der Waals surface area (Å²) in [6.45, 7) is 0.122. The Morgan fingerprint density at radius 3 is 2.75 bits per heavy atom. The summed E-state index contributed by atoms with van der Waals surface area (Å²) in [5.41, 5.74) is 2.00. The summed E-state index contributed by atoms with van der Waals surface area (Å²) < 4.78 is 38.4. The van der Waals surface area contributed by atoms with Crippen LogP contribution in [0.3, 0.4) is 0 Å². The van der Waals surface area contributed by atoms with Gasteiger partial charge in [0.25, 0.3) is 0 Å². The maximum absolute atomic E-state index is 12.2. The van der Waals surface area contributed by atoms with Crippen LogP contribution in [0.1, 0.15) is 23.2 Å². The number of fused-ring (bicyclic) bond motifs is 3. The Balaban J connectivity index is 1.93. The monoisotopic (exact) mass is 337 g/mol. The zero-order valence-corrected chi connectivity index (χ0v) is 12.5. The molecular weight excluding hydrogens is 323 g/mol. The minimum atomic E-state index is -4.18. The molecule has 0 aliphatic rings. The second-order valence-corrected chi connectivity index (χ2v) is 5.38. The number of carboxylic acids is 1. The summed E-state index contributed by atoms with van der Waals surface area (Å²) in [6.07, 6.45) is -3.32. The largest absolute Gasteiger partial charge is 0.478 e. The quantitative estimate of drug-likeness (QED) is 0.692. The molecule has 0 aliphatic heterocycles. The van der Waals surface area contributed by atoms with Gasteiger partial charge in [-0.3, -0.25) is 0 Å². The van der Waals surface area contributed by atoms with Crippen LogP contribution in [-0.2, 0) is 0 Å². The molecule has 1 aromatic carbocycles. The maximum atomic E-state index is 12.2. The Morgan fingerprint density at radius 1 is 1.25 bits per heavy atom. The van der Waals surface area contributed by atoms with Crippen molar-refractivity contribution >= 4 is 28.3 Å². The van der Waals surface area contributed by atoms with Crippen molar-refractivity contribution in [1.82, 2.24) is 9.38 Å². The zero-order chi connectivity index (χ0) is 17.3. The molecule has 3 rings (SSSR count). The molecule has 0 bridgehead atoms. The first-order valence-electron chi connectivity index (χ1n) is 7.30. The van der Waals surface area contributed by atoms with E-state index in [4.69, 9.17) is 5.11 Å². The Labute approximate surface area is 134 Å². The van der Waals surface area contributed by atoms with Crippen molar-refractivity contribution in [2.24, 2.45) is 0 Å². The molecule has 2 aromatic heterocycles. The van der Waals surface area contributed by atoms with Crippen LogP contribution in [-0.4, -0.2) is 33.2 Å². The van der Waals surface area contributed by atoms with Crippen molar-refractivity contribution < 1.29 is 23.1 Å². The highest BCUT2D eigenvalue weighted by atomic mass is 19.4. The average molecular weight is 337 g/mol. The van der Waals surface area contributed by atoms with Crippen LogP contribution in [0.15, 0.2) is 36.5 Å². The first-order valence-corrected chi connectivity index (χ1v) is 7.30. The van der Waals surface area contributed by atoms with E-state index in [1.807, 2.05) is 4.40 Å². The normalized spacial score (nSPS) is 12.0. The third kappa shape index (κ3) is 3.27. The number of anilines is 1. The van der Waals surface area contributed by atoms with E-state index in [1.165, 1.54) is 12.1 Å². The van der Waals surface area contributed by atoms with Crippen molar-refractivity contribution in [2.75, 3.05) is 11.9 Å². The Hall–Kier alpha value is -2.77. The lowest BCUT2D eigenvalue weighted by molar-refractivity contribution is -0.134. The molecule has 24 heavy (non-hydrogen) atoms. The first-order chi connectivity index (χ1) is 11.3. The topological polar surface area (TPSA) is 66.6 Å². The number of nitrogens with one attached hydrogen (secondary N) is 1. The molecule has 0 fully saturated rings. The van der Waals surface area contributed by atoms with Gasteiger partial charge in [-0.25, -0.2) is 9.78 Å². The van der Waals surface area contributed by atoms with E-state index in [2.05, 4.69) is 10.3 Å². The van der Waals surface area contributed by atoms with E-state index in [9.17, 15) is 18.0 Å². The van der Waals surface area contributed by atoms with E-state index in [1.54, 1.807) is 24.4 Å².